The van der Waals surface area contributed by atoms with Gasteiger partial charge in [-0.3, -0.25) is 4.90 Å². The van der Waals surface area contributed by atoms with Crippen LogP contribution >= 0.6 is 0 Å². The number of rotatable bonds is 3. The molecule has 1 saturated heterocycles. The highest BCUT2D eigenvalue weighted by molar-refractivity contribution is 7.89. The highest BCUT2D eigenvalue weighted by atomic mass is 32.2. The molecule has 0 radical (unpaired) electrons. The van der Waals surface area contributed by atoms with Crippen molar-refractivity contribution in [2.75, 3.05) is 18.0 Å². The maximum absolute atomic E-state index is 13.0. The van der Waals surface area contributed by atoms with Gasteiger partial charge in [0, 0.05) is 24.7 Å². The third kappa shape index (κ3) is 3.21. The Morgan fingerprint density at radius 1 is 1.00 bits per heavy atom. The summed E-state index contributed by atoms with van der Waals surface area (Å²) >= 11 is 0. The monoisotopic (exact) mass is 386 g/mol. The molecular formula is C20H22N2O4S. The zero-order valence-corrected chi connectivity index (χ0v) is 16.0. The zero-order chi connectivity index (χ0) is 19.0. The molecule has 2 aliphatic heterocycles. The Balaban J connectivity index is 1.53. The number of carbonyl (C=O) groups is 1. The van der Waals surface area contributed by atoms with E-state index in [-0.39, 0.29) is 18.7 Å². The van der Waals surface area contributed by atoms with E-state index >= 15 is 0 Å². The zero-order valence-electron chi connectivity index (χ0n) is 15.2. The van der Waals surface area contributed by atoms with Crippen molar-refractivity contribution in [3.05, 3.63) is 59.7 Å². The Hall–Kier alpha value is -2.38. The number of hydrogen-bond acceptors (Lipinski definition) is 4. The standard InChI is InChI=1S/C20H22N2O4S/c1-15-6-2-5-9-19(15)27(24,25)21-12-10-17(11-13-21)22-18-8-4-3-7-16(18)14-26-20(22)23/h2-9,17H,10-14H2,1H3. The van der Waals surface area contributed by atoms with E-state index < -0.39 is 10.0 Å². The minimum Gasteiger partial charge on any atom is -0.444 e. The van der Waals surface area contributed by atoms with Gasteiger partial charge in [0.1, 0.15) is 6.61 Å². The largest absolute Gasteiger partial charge is 0.444 e. The molecule has 6 nitrogen and oxygen atoms in total. The van der Waals surface area contributed by atoms with Crippen LogP contribution in [0.5, 0.6) is 0 Å². The van der Waals surface area contributed by atoms with Gasteiger partial charge in [-0.1, -0.05) is 36.4 Å². The highest BCUT2D eigenvalue weighted by Gasteiger charge is 2.37. The number of anilines is 1. The predicted octanol–water partition coefficient (Wildman–Crippen LogP) is 3.30. The van der Waals surface area contributed by atoms with Crippen LogP contribution in [0.25, 0.3) is 0 Å². The lowest BCUT2D eigenvalue weighted by atomic mass is 10.0. The molecule has 27 heavy (non-hydrogen) atoms. The number of cyclic esters (lactones) is 1. The van der Waals surface area contributed by atoms with E-state index in [4.69, 9.17) is 4.74 Å². The lowest BCUT2D eigenvalue weighted by Gasteiger charge is -2.39. The Morgan fingerprint density at radius 3 is 2.41 bits per heavy atom. The Bertz CT molecular complexity index is 965. The van der Waals surface area contributed by atoms with Crippen LogP contribution in [-0.2, 0) is 21.4 Å². The van der Waals surface area contributed by atoms with E-state index in [0.29, 0.717) is 30.8 Å². The van der Waals surface area contributed by atoms with Gasteiger partial charge in [0.05, 0.1) is 10.6 Å². The maximum atomic E-state index is 13.0. The summed E-state index contributed by atoms with van der Waals surface area (Å²) in [6.07, 6.45) is 0.803. The molecular weight excluding hydrogens is 364 g/mol. The minimum absolute atomic E-state index is 0.0673. The van der Waals surface area contributed by atoms with Gasteiger partial charge in [-0.05, 0) is 37.5 Å². The van der Waals surface area contributed by atoms with Gasteiger partial charge in [0.15, 0.2) is 0 Å². The van der Waals surface area contributed by atoms with Crippen molar-refractivity contribution in [2.24, 2.45) is 0 Å². The van der Waals surface area contributed by atoms with Gasteiger partial charge < -0.3 is 4.74 Å². The molecule has 1 amide bonds. The normalized spacial score (nSPS) is 18.9. The molecule has 0 aromatic heterocycles. The number of para-hydroxylation sites is 1. The van der Waals surface area contributed by atoms with E-state index in [1.807, 2.05) is 30.3 Å². The number of aryl methyl sites for hydroxylation is 1. The SMILES string of the molecule is Cc1ccccc1S(=O)(=O)N1CCC(N2C(=O)OCc3ccccc32)CC1. The minimum atomic E-state index is -3.52. The summed E-state index contributed by atoms with van der Waals surface area (Å²) in [7, 11) is -3.52. The van der Waals surface area contributed by atoms with Gasteiger partial charge in [-0.2, -0.15) is 4.31 Å². The molecule has 2 heterocycles. The average Bonchev–Trinajstić information content (AvgIpc) is 2.68. The summed E-state index contributed by atoms with van der Waals surface area (Å²) in [5.74, 6) is 0. The molecule has 1 fully saturated rings. The van der Waals surface area contributed by atoms with Crippen molar-refractivity contribution in [1.82, 2.24) is 4.31 Å². The lowest BCUT2D eigenvalue weighted by molar-refractivity contribution is 0.136. The molecule has 0 unspecified atom stereocenters. The molecule has 0 atom stereocenters. The van der Waals surface area contributed by atoms with Crippen molar-refractivity contribution in [3.8, 4) is 0 Å². The highest BCUT2D eigenvalue weighted by Crippen LogP contribution is 2.33. The van der Waals surface area contributed by atoms with Crippen molar-refractivity contribution in [2.45, 2.75) is 37.3 Å². The fourth-order valence-corrected chi connectivity index (χ4v) is 5.54. The number of fused-ring (bicyclic) bond motifs is 1. The van der Waals surface area contributed by atoms with Crippen LogP contribution in [0, 0.1) is 6.92 Å². The number of piperidine rings is 1. The first-order valence-electron chi connectivity index (χ1n) is 9.08. The topological polar surface area (TPSA) is 66.9 Å². The van der Waals surface area contributed by atoms with Gasteiger partial charge in [-0.25, -0.2) is 13.2 Å². The molecule has 7 heteroatoms. The summed E-state index contributed by atoms with van der Waals surface area (Å²) in [5.41, 5.74) is 2.59. The smallest absolute Gasteiger partial charge is 0.414 e. The maximum Gasteiger partial charge on any atom is 0.414 e. The number of carbonyl (C=O) groups excluding carboxylic acids is 1. The van der Waals surface area contributed by atoms with Gasteiger partial charge in [0.2, 0.25) is 10.0 Å². The van der Waals surface area contributed by atoms with E-state index in [2.05, 4.69) is 0 Å². The Kier molecular flexibility index (Phi) is 4.65. The fourth-order valence-electron chi connectivity index (χ4n) is 3.85. The van der Waals surface area contributed by atoms with Crippen molar-refractivity contribution in [1.29, 1.82) is 0 Å². The van der Waals surface area contributed by atoms with Crippen molar-refractivity contribution < 1.29 is 17.9 Å². The number of nitrogens with zero attached hydrogens (tertiary/aromatic N) is 2. The lowest BCUT2D eigenvalue weighted by Crippen LogP contribution is -2.50. The third-order valence-electron chi connectivity index (χ3n) is 5.30. The summed E-state index contributed by atoms with van der Waals surface area (Å²) in [6, 6.07) is 14.7. The Labute approximate surface area is 159 Å². The number of sulfonamides is 1. The van der Waals surface area contributed by atoms with Gasteiger partial charge >= 0.3 is 6.09 Å². The molecule has 2 aromatic rings. The van der Waals surface area contributed by atoms with Crippen LogP contribution in [0.15, 0.2) is 53.4 Å². The first kappa shape index (κ1) is 18.0. The molecule has 2 aromatic carbocycles. The summed E-state index contributed by atoms with van der Waals surface area (Å²) in [4.78, 5) is 14.4. The predicted molar refractivity (Wildman–Crippen MR) is 102 cm³/mol. The van der Waals surface area contributed by atoms with E-state index in [1.165, 1.54) is 4.31 Å². The molecule has 2 aliphatic rings. The second kappa shape index (κ2) is 6.98. The average molecular weight is 386 g/mol. The number of amides is 1. The number of hydrogen-bond donors (Lipinski definition) is 0. The molecule has 0 bridgehead atoms. The van der Waals surface area contributed by atoms with E-state index in [0.717, 1.165) is 16.8 Å². The molecule has 142 valence electrons. The first-order chi connectivity index (χ1) is 13.0. The molecule has 0 aliphatic carbocycles. The van der Waals surface area contributed by atoms with E-state index in [9.17, 15) is 13.2 Å². The van der Waals surface area contributed by atoms with E-state index in [1.54, 1.807) is 30.0 Å². The van der Waals surface area contributed by atoms with Crippen LogP contribution in [-0.4, -0.2) is 37.9 Å². The summed E-state index contributed by atoms with van der Waals surface area (Å²) in [6.45, 7) is 2.85. The molecule has 0 saturated carbocycles. The number of benzene rings is 2. The van der Waals surface area contributed by atoms with Crippen LogP contribution in [0.3, 0.4) is 0 Å². The third-order valence-corrected chi connectivity index (χ3v) is 7.36. The van der Waals surface area contributed by atoms with Crippen molar-refractivity contribution >= 4 is 21.8 Å². The van der Waals surface area contributed by atoms with Crippen LogP contribution in [0.4, 0.5) is 10.5 Å². The van der Waals surface area contributed by atoms with Crippen molar-refractivity contribution in [3.63, 3.8) is 0 Å². The second-order valence-electron chi connectivity index (χ2n) is 6.95. The second-order valence-corrected chi connectivity index (χ2v) is 8.86. The molecule has 4 rings (SSSR count). The van der Waals surface area contributed by atoms with Gasteiger partial charge in [-0.15, -0.1) is 0 Å². The summed E-state index contributed by atoms with van der Waals surface area (Å²) < 4.78 is 32.8. The quantitative estimate of drug-likeness (QED) is 0.812. The fraction of sp³-hybridized carbons (Fsp3) is 0.350. The first-order valence-corrected chi connectivity index (χ1v) is 10.5. The summed E-state index contributed by atoms with van der Waals surface area (Å²) in [5, 5.41) is 0. The molecule has 0 N–H and O–H groups in total. The Morgan fingerprint density at radius 2 is 1.67 bits per heavy atom. The van der Waals surface area contributed by atoms with Crippen LogP contribution in [0.2, 0.25) is 0 Å². The van der Waals surface area contributed by atoms with Gasteiger partial charge in [0.25, 0.3) is 0 Å². The van der Waals surface area contributed by atoms with Crippen LogP contribution in [0.1, 0.15) is 24.0 Å². The molecule has 0 spiro atoms. The van der Waals surface area contributed by atoms with Crippen LogP contribution < -0.4 is 4.90 Å². The number of ether oxygens (including phenoxy) is 1.